The van der Waals surface area contributed by atoms with Gasteiger partial charge < -0.3 is 23.7 Å². The molecule has 0 radical (unpaired) electrons. The molecule has 69 heavy (non-hydrogen) atoms. The molecule has 9 heteroatoms. The van der Waals surface area contributed by atoms with E-state index >= 15 is 0 Å². The minimum Gasteiger partial charge on any atom is -0.457 e. The molecule has 7 aromatic carbocycles. The Bertz CT molecular complexity index is 3980. The van der Waals surface area contributed by atoms with E-state index in [-0.39, 0.29) is 0 Å². The zero-order valence-corrected chi connectivity index (χ0v) is 37.8. The van der Waals surface area contributed by atoms with Gasteiger partial charge in [0.1, 0.15) is 17.3 Å². The Balaban J connectivity index is 0.943. The van der Waals surface area contributed by atoms with Gasteiger partial charge in [0, 0.05) is 76.1 Å². The van der Waals surface area contributed by atoms with Crippen molar-refractivity contribution in [1.82, 2.24) is 28.7 Å². The van der Waals surface area contributed by atoms with Crippen LogP contribution in [0, 0.1) is 6.92 Å². The molecule has 0 amide bonds. The van der Waals surface area contributed by atoms with Crippen molar-refractivity contribution in [2.24, 2.45) is 0 Å². The predicted octanol–water partition coefficient (Wildman–Crippen LogP) is 14.5. The van der Waals surface area contributed by atoms with Gasteiger partial charge in [-0.1, -0.05) is 78.9 Å². The third-order valence-corrected chi connectivity index (χ3v) is 13.9. The van der Waals surface area contributed by atoms with Crippen molar-refractivity contribution in [3.05, 3.63) is 212 Å². The third kappa shape index (κ3) is 5.93. The molecule has 0 saturated carbocycles. The number of aromatic nitrogens is 6. The van der Waals surface area contributed by atoms with Gasteiger partial charge in [-0.05, 0) is 110 Å². The van der Waals surface area contributed by atoms with Gasteiger partial charge in [0.15, 0.2) is 0 Å². The van der Waals surface area contributed by atoms with Gasteiger partial charge in [-0.25, -0.2) is 4.98 Å². The molecule has 13 aromatic rings. The quantitative estimate of drug-likeness (QED) is 0.159. The molecule has 0 N–H and O–H groups in total. The molecule has 1 aliphatic heterocycles. The first-order chi connectivity index (χ1) is 34.1. The van der Waals surface area contributed by atoms with E-state index in [4.69, 9.17) is 19.7 Å². The molecule has 7 heterocycles. The van der Waals surface area contributed by atoms with Crippen molar-refractivity contribution >= 4 is 82.7 Å². The van der Waals surface area contributed by atoms with Gasteiger partial charge in [-0.15, -0.1) is 0 Å². The molecule has 0 atom stereocenters. The molecule has 0 fully saturated rings. The summed E-state index contributed by atoms with van der Waals surface area (Å²) in [5.41, 5.74) is 16.9. The van der Waals surface area contributed by atoms with Gasteiger partial charge in [-0.2, -0.15) is 0 Å². The fourth-order valence-electron chi connectivity index (χ4n) is 10.9. The molecule has 14 rings (SSSR count). The van der Waals surface area contributed by atoms with Gasteiger partial charge in [-0.3, -0.25) is 14.5 Å². The summed E-state index contributed by atoms with van der Waals surface area (Å²) in [6, 6.07) is 66.1. The molecule has 0 bridgehead atoms. The monoisotopic (exact) mass is 890 g/mol. The highest BCUT2D eigenvalue weighted by Gasteiger charge is 2.26. The maximum absolute atomic E-state index is 6.72. The summed E-state index contributed by atoms with van der Waals surface area (Å²) >= 11 is 0. The first-order valence-electron chi connectivity index (χ1n) is 23.3. The number of anilines is 3. The second-order valence-electron chi connectivity index (χ2n) is 17.9. The Morgan fingerprint density at radius 1 is 0.435 bits per heavy atom. The fourth-order valence-corrected chi connectivity index (χ4v) is 10.9. The Morgan fingerprint density at radius 2 is 0.986 bits per heavy atom. The summed E-state index contributed by atoms with van der Waals surface area (Å²) in [5.74, 6) is 2.34. The highest BCUT2D eigenvalue weighted by Crippen LogP contribution is 2.44. The first kappa shape index (κ1) is 39.0. The smallest absolute Gasteiger partial charge is 0.137 e. The lowest BCUT2D eigenvalue weighted by atomic mass is 9.98. The summed E-state index contributed by atoms with van der Waals surface area (Å²) < 4.78 is 13.7. The van der Waals surface area contributed by atoms with E-state index in [1.165, 1.54) is 11.4 Å². The largest absolute Gasteiger partial charge is 0.457 e. The van der Waals surface area contributed by atoms with Gasteiger partial charge in [0.05, 0.1) is 73.6 Å². The number of ether oxygens (including phenoxy) is 1. The van der Waals surface area contributed by atoms with Gasteiger partial charge in [0.2, 0.25) is 0 Å². The Hall–Kier alpha value is -9.21. The number of hydrogen-bond donors (Lipinski definition) is 0. The molecule has 1 aliphatic rings. The Labute approximate surface area is 397 Å². The zero-order chi connectivity index (χ0) is 45.7. The highest BCUT2D eigenvalue weighted by molar-refractivity contribution is 6.11. The van der Waals surface area contributed by atoms with Crippen molar-refractivity contribution in [3.63, 3.8) is 0 Å². The minimum atomic E-state index is 0.746. The average molecular weight is 891 g/mol. The first-order valence-corrected chi connectivity index (χ1v) is 23.3. The molecular formula is C60H42N8O. The number of pyridine rings is 3. The molecule has 328 valence electrons. The topological polar surface area (TPSA) is 69.2 Å². The van der Waals surface area contributed by atoms with Crippen LogP contribution in [0.2, 0.25) is 0 Å². The second-order valence-corrected chi connectivity index (χ2v) is 17.9. The molecule has 0 aliphatic carbocycles. The van der Waals surface area contributed by atoms with Crippen LogP contribution in [0.4, 0.5) is 17.1 Å². The zero-order valence-electron chi connectivity index (χ0n) is 37.8. The SMILES string of the molecule is Cc1cc(-n2c3ccccc3c3ccc(Oc4cccc(N5CN(C)c6ccccc65)c4)cc32)ncc1-c1c(-n2c3ccccc3c3ncccc32)cccc1-n1c2ccccc2c2ncccc21. The van der Waals surface area contributed by atoms with E-state index < -0.39 is 0 Å². The van der Waals surface area contributed by atoms with E-state index in [2.05, 4.69) is 214 Å². The number of rotatable bonds is 7. The van der Waals surface area contributed by atoms with Crippen molar-refractivity contribution in [2.45, 2.75) is 6.92 Å². The number of fused-ring (bicyclic) bond motifs is 10. The third-order valence-electron chi connectivity index (χ3n) is 13.9. The lowest BCUT2D eigenvalue weighted by Gasteiger charge is -2.21. The second kappa shape index (κ2) is 15.2. The van der Waals surface area contributed by atoms with Crippen LogP contribution in [-0.2, 0) is 0 Å². The van der Waals surface area contributed by atoms with E-state index in [0.29, 0.717) is 0 Å². The normalized spacial score (nSPS) is 12.7. The van der Waals surface area contributed by atoms with E-state index in [1.807, 2.05) is 30.6 Å². The molecular weight excluding hydrogens is 849 g/mol. The summed E-state index contributed by atoms with van der Waals surface area (Å²) in [6.45, 7) is 2.97. The van der Waals surface area contributed by atoms with Crippen LogP contribution in [0.1, 0.15) is 5.56 Å². The van der Waals surface area contributed by atoms with Crippen LogP contribution >= 0.6 is 0 Å². The van der Waals surface area contributed by atoms with E-state index in [0.717, 1.165) is 123 Å². The fraction of sp³-hybridized carbons (Fsp3) is 0.0500. The van der Waals surface area contributed by atoms with Gasteiger partial charge in [0.25, 0.3) is 0 Å². The molecule has 0 saturated heterocycles. The van der Waals surface area contributed by atoms with Gasteiger partial charge >= 0.3 is 0 Å². The highest BCUT2D eigenvalue weighted by atomic mass is 16.5. The van der Waals surface area contributed by atoms with E-state index in [9.17, 15) is 0 Å². The summed E-state index contributed by atoms with van der Waals surface area (Å²) in [4.78, 5) is 19.8. The number of benzene rings is 7. The minimum absolute atomic E-state index is 0.746. The van der Waals surface area contributed by atoms with Crippen molar-refractivity contribution < 1.29 is 4.74 Å². The maximum atomic E-state index is 6.72. The van der Waals surface area contributed by atoms with Crippen molar-refractivity contribution in [3.8, 4) is 39.8 Å². The summed E-state index contributed by atoms with van der Waals surface area (Å²) in [6.07, 6.45) is 5.82. The number of para-hydroxylation sites is 5. The molecule has 0 spiro atoms. The average Bonchev–Trinajstić information content (AvgIpc) is 4.12. The molecule has 9 nitrogen and oxygen atoms in total. The lowest BCUT2D eigenvalue weighted by molar-refractivity contribution is 0.483. The lowest BCUT2D eigenvalue weighted by Crippen LogP contribution is -2.23. The van der Waals surface area contributed by atoms with Crippen LogP contribution in [0.15, 0.2) is 207 Å². The number of aryl methyl sites for hydroxylation is 1. The molecule has 0 unspecified atom stereocenters. The Morgan fingerprint density at radius 3 is 1.67 bits per heavy atom. The van der Waals surface area contributed by atoms with Crippen molar-refractivity contribution in [2.75, 3.05) is 23.5 Å². The Kier molecular flexibility index (Phi) is 8.57. The van der Waals surface area contributed by atoms with Crippen LogP contribution in [0.25, 0.3) is 94.0 Å². The van der Waals surface area contributed by atoms with Crippen LogP contribution < -0.4 is 14.5 Å². The van der Waals surface area contributed by atoms with Crippen molar-refractivity contribution in [1.29, 1.82) is 0 Å². The predicted molar refractivity (Wildman–Crippen MR) is 281 cm³/mol. The number of hydrogen-bond acceptors (Lipinski definition) is 6. The standard InChI is InChI=1S/C60H42N8O/c1-38-33-57(68-47-20-6-3-17-42(47)43-30-29-41(35-56(43)68)69-40-16-11-15-39(34-40)65-37-64(2)50-23-9-10-24-51(50)65)63-36-46(38)58-52(66-48-21-7-4-18-44(48)59-54(66)27-13-31-61-59)25-12-26-53(58)67-49-22-8-5-19-45(49)60-55(67)28-14-32-62-60/h3-36H,37H2,1-2H3. The van der Waals surface area contributed by atoms with Crippen LogP contribution in [-0.4, -0.2) is 42.4 Å². The molecule has 6 aromatic heterocycles. The maximum Gasteiger partial charge on any atom is 0.137 e. The number of nitrogens with zero attached hydrogens (tertiary/aromatic N) is 8. The van der Waals surface area contributed by atoms with Crippen LogP contribution in [0.5, 0.6) is 11.5 Å². The van der Waals surface area contributed by atoms with Crippen LogP contribution in [0.3, 0.4) is 0 Å². The summed E-state index contributed by atoms with van der Waals surface area (Å²) in [5, 5.41) is 4.47. The van der Waals surface area contributed by atoms with E-state index in [1.54, 1.807) is 0 Å². The summed E-state index contributed by atoms with van der Waals surface area (Å²) in [7, 11) is 2.13.